The van der Waals surface area contributed by atoms with Crippen molar-refractivity contribution < 1.29 is 19.1 Å². The summed E-state index contributed by atoms with van der Waals surface area (Å²) >= 11 is 0. The molecule has 1 aromatic carbocycles. The number of carboxylic acids is 1. The fourth-order valence-corrected chi connectivity index (χ4v) is 3.84. The Hall–Kier alpha value is -2.44. The molecule has 2 heterocycles. The summed E-state index contributed by atoms with van der Waals surface area (Å²) in [5.41, 5.74) is 0.832. The molecule has 1 fully saturated rings. The van der Waals surface area contributed by atoms with E-state index < -0.39 is 11.4 Å². The summed E-state index contributed by atoms with van der Waals surface area (Å²) in [5, 5.41) is 9.25. The highest BCUT2D eigenvalue weighted by atomic mass is 19.1. The van der Waals surface area contributed by atoms with Gasteiger partial charge in [-0.25, -0.2) is 9.37 Å². The van der Waals surface area contributed by atoms with Gasteiger partial charge in [0.1, 0.15) is 11.6 Å². The second-order valence-corrected chi connectivity index (χ2v) is 8.46. The van der Waals surface area contributed by atoms with Crippen molar-refractivity contribution in [3.8, 4) is 0 Å². The van der Waals surface area contributed by atoms with Crippen LogP contribution in [0.25, 0.3) is 11.0 Å². The largest absolute Gasteiger partial charge is 0.481 e. The number of likely N-dealkylation sites (tertiary alicyclic amines) is 1. The molecule has 2 unspecified atom stereocenters. The van der Waals surface area contributed by atoms with E-state index >= 15 is 0 Å². The Bertz CT molecular complexity index is 856. The van der Waals surface area contributed by atoms with Gasteiger partial charge in [0, 0.05) is 31.3 Å². The highest BCUT2D eigenvalue weighted by Gasteiger charge is 2.36. The minimum Gasteiger partial charge on any atom is -0.481 e. The summed E-state index contributed by atoms with van der Waals surface area (Å²) in [6.45, 7) is 6.76. The number of halogens is 1. The third kappa shape index (κ3) is 4.46. The summed E-state index contributed by atoms with van der Waals surface area (Å²) in [5.74, 6) is -0.412. The molecule has 0 saturated carbocycles. The number of amides is 1. The van der Waals surface area contributed by atoms with E-state index in [4.69, 9.17) is 0 Å². The summed E-state index contributed by atoms with van der Waals surface area (Å²) in [6, 6.07) is 4.39. The van der Waals surface area contributed by atoms with E-state index in [1.54, 1.807) is 6.07 Å². The molecule has 1 aliphatic heterocycles. The van der Waals surface area contributed by atoms with Gasteiger partial charge in [0.25, 0.3) is 0 Å². The van der Waals surface area contributed by atoms with Crippen LogP contribution in [-0.2, 0) is 16.0 Å². The van der Waals surface area contributed by atoms with Gasteiger partial charge >= 0.3 is 5.97 Å². The lowest BCUT2D eigenvalue weighted by molar-refractivity contribution is -0.143. The maximum absolute atomic E-state index is 13.4. The maximum atomic E-state index is 13.4. The highest BCUT2D eigenvalue weighted by molar-refractivity contribution is 5.81. The zero-order chi connectivity index (χ0) is 19.8. The van der Waals surface area contributed by atoms with Crippen molar-refractivity contribution in [2.45, 2.75) is 40.0 Å². The second kappa shape index (κ2) is 7.29. The molecule has 0 aliphatic carbocycles. The zero-order valence-electron chi connectivity index (χ0n) is 16.0. The predicted molar refractivity (Wildman–Crippen MR) is 99.6 cm³/mol. The molecule has 0 radical (unpaired) electrons. The smallest absolute Gasteiger partial charge is 0.303 e. The van der Waals surface area contributed by atoms with Crippen LogP contribution in [0.1, 0.15) is 39.4 Å². The first kappa shape index (κ1) is 19.3. The minimum atomic E-state index is -0.827. The number of hydrogen-bond acceptors (Lipinski definition) is 3. The third-order valence-corrected chi connectivity index (χ3v) is 5.21. The van der Waals surface area contributed by atoms with Gasteiger partial charge in [0.15, 0.2) is 0 Å². The van der Waals surface area contributed by atoms with E-state index in [-0.39, 0.29) is 30.0 Å². The monoisotopic (exact) mass is 375 g/mol. The van der Waals surface area contributed by atoms with Gasteiger partial charge in [-0.2, -0.15) is 0 Å². The minimum absolute atomic E-state index is 0.00782. The second-order valence-electron chi connectivity index (χ2n) is 8.46. The Balaban J connectivity index is 1.81. The van der Waals surface area contributed by atoms with Crippen molar-refractivity contribution in [1.29, 1.82) is 0 Å². The van der Waals surface area contributed by atoms with Gasteiger partial charge in [-0.05, 0) is 36.5 Å². The highest BCUT2D eigenvalue weighted by Crippen LogP contribution is 2.31. The molecule has 2 atom stereocenters. The lowest BCUT2D eigenvalue weighted by atomic mass is 9.80. The molecule has 1 saturated heterocycles. The van der Waals surface area contributed by atoms with E-state index in [1.807, 2.05) is 25.7 Å². The Morgan fingerprint density at radius 3 is 2.74 bits per heavy atom. The van der Waals surface area contributed by atoms with Crippen molar-refractivity contribution in [3.63, 3.8) is 0 Å². The molecule has 2 N–H and O–H groups in total. The predicted octanol–water partition coefficient (Wildman–Crippen LogP) is 3.23. The van der Waals surface area contributed by atoms with E-state index in [0.29, 0.717) is 42.8 Å². The summed E-state index contributed by atoms with van der Waals surface area (Å²) in [7, 11) is 0. The van der Waals surface area contributed by atoms with Crippen molar-refractivity contribution in [3.05, 3.63) is 29.8 Å². The molecule has 7 heteroatoms. The number of nitrogens with one attached hydrogen (secondary N) is 1. The average molecular weight is 375 g/mol. The molecule has 0 spiro atoms. The van der Waals surface area contributed by atoms with Gasteiger partial charge in [0.2, 0.25) is 5.91 Å². The molecular formula is C20H26FN3O3. The molecule has 2 aromatic rings. The van der Waals surface area contributed by atoms with Crippen LogP contribution in [0.2, 0.25) is 0 Å². The summed E-state index contributed by atoms with van der Waals surface area (Å²) in [6.07, 6.45) is 1.27. The number of rotatable bonds is 4. The molecule has 0 bridgehead atoms. The number of carbonyl (C=O) groups is 2. The number of benzene rings is 1. The SMILES string of the molecule is CC(C)(C)C(=O)N1CCC(CC(=O)O)C(Cc2nc3ccc(F)cc3[nH]2)C1. The van der Waals surface area contributed by atoms with E-state index in [1.165, 1.54) is 12.1 Å². The third-order valence-electron chi connectivity index (χ3n) is 5.21. The standard InChI is InChI=1S/C20H26FN3O3/c1-20(2,3)19(27)24-7-6-12(9-18(25)26)13(11-24)8-17-22-15-5-4-14(21)10-16(15)23-17/h4-5,10,12-13H,6-9,11H2,1-3H3,(H,22,23)(H,25,26). The summed E-state index contributed by atoms with van der Waals surface area (Å²) < 4.78 is 13.4. The van der Waals surface area contributed by atoms with Crippen LogP contribution in [0.5, 0.6) is 0 Å². The average Bonchev–Trinajstić information content (AvgIpc) is 2.95. The quantitative estimate of drug-likeness (QED) is 0.859. The maximum Gasteiger partial charge on any atom is 0.303 e. The number of carboxylic acid groups (broad SMARTS) is 1. The van der Waals surface area contributed by atoms with Gasteiger partial charge < -0.3 is 15.0 Å². The number of piperidine rings is 1. The van der Waals surface area contributed by atoms with Crippen molar-refractivity contribution in [2.75, 3.05) is 13.1 Å². The van der Waals surface area contributed by atoms with Crippen molar-refractivity contribution in [1.82, 2.24) is 14.9 Å². The first-order valence-corrected chi connectivity index (χ1v) is 9.29. The number of aromatic nitrogens is 2. The number of nitrogens with zero attached hydrogens (tertiary/aromatic N) is 2. The van der Waals surface area contributed by atoms with Gasteiger partial charge in [-0.1, -0.05) is 20.8 Å². The number of aliphatic carboxylic acids is 1. The van der Waals surface area contributed by atoms with Crippen molar-refractivity contribution in [2.24, 2.45) is 17.3 Å². The van der Waals surface area contributed by atoms with Crippen LogP contribution in [-0.4, -0.2) is 44.9 Å². The Morgan fingerprint density at radius 2 is 2.07 bits per heavy atom. The van der Waals surface area contributed by atoms with Crippen LogP contribution in [0.15, 0.2) is 18.2 Å². The normalized spacial score (nSPS) is 20.8. The van der Waals surface area contributed by atoms with E-state index in [0.717, 1.165) is 0 Å². The van der Waals surface area contributed by atoms with Crippen LogP contribution in [0.3, 0.4) is 0 Å². The fourth-order valence-electron chi connectivity index (χ4n) is 3.84. The van der Waals surface area contributed by atoms with Gasteiger partial charge in [-0.3, -0.25) is 9.59 Å². The lowest BCUT2D eigenvalue weighted by Gasteiger charge is -2.40. The van der Waals surface area contributed by atoms with E-state index in [2.05, 4.69) is 9.97 Å². The fraction of sp³-hybridized carbons (Fsp3) is 0.550. The molecule has 1 aromatic heterocycles. The van der Waals surface area contributed by atoms with Crippen LogP contribution in [0.4, 0.5) is 4.39 Å². The molecule has 27 heavy (non-hydrogen) atoms. The van der Waals surface area contributed by atoms with Crippen molar-refractivity contribution >= 4 is 22.9 Å². The number of carbonyl (C=O) groups excluding carboxylic acids is 1. The molecule has 1 aliphatic rings. The van der Waals surface area contributed by atoms with Gasteiger partial charge in [0.05, 0.1) is 11.0 Å². The number of fused-ring (bicyclic) bond motifs is 1. The number of hydrogen-bond donors (Lipinski definition) is 2. The topological polar surface area (TPSA) is 86.3 Å². The van der Waals surface area contributed by atoms with Gasteiger partial charge in [-0.15, -0.1) is 0 Å². The molecule has 146 valence electrons. The first-order valence-electron chi connectivity index (χ1n) is 9.29. The number of H-pyrrole nitrogens is 1. The molecule has 1 amide bonds. The van der Waals surface area contributed by atoms with E-state index in [9.17, 15) is 19.1 Å². The zero-order valence-corrected chi connectivity index (χ0v) is 16.0. The van der Waals surface area contributed by atoms with Crippen LogP contribution < -0.4 is 0 Å². The van der Waals surface area contributed by atoms with Crippen LogP contribution >= 0.6 is 0 Å². The Labute approximate surface area is 157 Å². The lowest BCUT2D eigenvalue weighted by Crippen LogP contribution is -2.48. The molecule has 3 rings (SSSR count). The number of imidazole rings is 1. The molecular weight excluding hydrogens is 349 g/mol. The number of aromatic amines is 1. The molecule has 6 nitrogen and oxygen atoms in total. The Kier molecular flexibility index (Phi) is 5.22. The van der Waals surface area contributed by atoms with Crippen LogP contribution in [0, 0.1) is 23.1 Å². The first-order chi connectivity index (χ1) is 12.6. The Morgan fingerprint density at radius 1 is 1.33 bits per heavy atom. The summed E-state index contributed by atoms with van der Waals surface area (Å²) in [4.78, 5) is 33.4.